The van der Waals surface area contributed by atoms with E-state index in [1.807, 2.05) is 0 Å². The van der Waals surface area contributed by atoms with Gasteiger partial charge in [0.25, 0.3) is 0 Å². The van der Waals surface area contributed by atoms with Crippen molar-refractivity contribution < 1.29 is 9.47 Å². The molecule has 108 valence electrons. The van der Waals surface area contributed by atoms with E-state index in [9.17, 15) is 0 Å². The maximum Gasteiger partial charge on any atom is 0.0780 e. The molecule has 0 radical (unpaired) electrons. The van der Waals surface area contributed by atoms with Crippen molar-refractivity contribution in [3.63, 3.8) is 0 Å². The molecule has 0 heterocycles. The lowest BCUT2D eigenvalue weighted by molar-refractivity contribution is -0.0789. The van der Waals surface area contributed by atoms with Crippen molar-refractivity contribution in [1.82, 2.24) is 0 Å². The second-order valence-corrected chi connectivity index (χ2v) is 6.04. The molecule has 1 saturated carbocycles. The number of halogens is 1. The van der Waals surface area contributed by atoms with Gasteiger partial charge in [0, 0.05) is 11.9 Å². The summed E-state index contributed by atoms with van der Waals surface area (Å²) in [6.45, 7) is 6.84. The molecule has 18 heavy (non-hydrogen) atoms. The average molecular weight is 321 g/mol. The molecule has 0 unspecified atom stereocenters. The third-order valence-electron chi connectivity index (χ3n) is 4.12. The van der Waals surface area contributed by atoms with E-state index < -0.39 is 0 Å². The minimum atomic E-state index is 0.0831. The second kappa shape index (κ2) is 9.33. The molecule has 1 aliphatic carbocycles. The van der Waals surface area contributed by atoms with Crippen LogP contribution in [-0.2, 0) is 9.47 Å². The van der Waals surface area contributed by atoms with Gasteiger partial charge in [-0.3, -0.25) is 0 Å². The Morgan fingerprint density at radius 1 is 1.11 bits per heavy atom. The lowest BCUT2D eigenvalue weighted by Crippen LogP contribution is -2.39. The minimum absolute atomic E-state index is 0.0831. The van der Waals surface area contributed by atoms with Gasteiger partial charge < -0.3 is 9.47 Å². The van der Waals surface area contributed by atoms with Gasteiger partial charge in [-0.05, 0) is 38.0 Å². The highest BCUT2D eigenvalue weighted by molar-refractivity contribution is 9.09. The van der Waals surface area contributed by atoms with Crippen LogP contribution < -0.4 is 0 Å². The zero-order valence-electron chi connectivity index (χ0n) is 12.0. The standard InChI is InChI=1S/C15H29BrO2/c1-3-5-10-17-11-12-18-15(13-16)8-6-14(4-2)7-9-15/h14H,3-13H2,1-2H3. The fourth-order valence-corrected chi connectivity index (χ4v) is 3.32. The summed E-state index contributed by atoms with van der Waals surface area (Å²) in [4.78, 5) is 0. The molecule has 0 N–H and O–H groups in total. The van der Waals surface area contributed by atoms with Crippen molar-refractivity contribution >= 4 is 15.9 Å². The summed E-state index contributed by atoms with van der Waals surface area (Å²) in [6, 6.07) is 0. The van der Waals surface area contributed by atoms with E-state index >= 15 is 0 Å². The molecule has 0 spiro atoms. The predicted octanol–water partition coefficient (Wildman–Crippen LogP) is 4.55. The molecule has 2 nitrogen and oxygen atoms in total. The van der Waals surface area contributed by atoms with Crippen molar-refractivity contribution in [2.45, 2.75) is 64.4 Å². The molecule has 0 aliphatic heterocycles. The van der Waals surface area contributed by atoms with Crippen molar-refractivity contribution in [2.24, 2.45) is 5.92 Å². The molecular formula is C15H29BrO2. The van der Waals surface area contributed by atoms with Gasteiger partial charge in [-0.2, -0.15) is 0 Å². The van der Waals surface area contributed by atoms with Gasteiger partial charge in [-0.15, -0.1) is 0 Å². The van der Waals surface area contributed by atoms with Crippen LogP contribution in [0.3, 0.4) is 0 Å². The van der Waals surface area contributed by atoms with Crippen LogP contribution in [0.4, 0.5) is 0 Å². The van der Waals surface area contributed by atoms with Gasteiger partial charge in [0.15, 0.2) is 0 Å². The van der Waals surface area contributed by atoms with Crippen molar-refractivity contribution in [1.29, 1.82) is 0 Å². The summed E-state index contributed by atoms with van der Waals surface area (Å²) < 4.78 is 11.7. The second-order valence-electron chi connectivity index (χ2n) is 5.48. The third kappa shape index (κ3) is 5.58. The first kappa shape index (κ1) is 16.5. The van der Waals surface area contributed by atoms with Crippen LogP contribution in [0.5, 0.6) is 0 Å². The van der Waals surface area contributed by atoms with Gasteiger partial charge in [0.2, 0.25) is 0 Å². The first-order valence-corrected chi connectivity index (χ1v) is 8.66. The van der Waals surface area contributed by atoms with Crippen LogP contribution in [-0.4, -0.2) is 30.8 Å². The van der Waals surface area contributed by atoms with Gasteiger partial charge in [-0.1, -0.05) is 42.6 Å². The SMILES string of the molecule is CCCCOCCOC1(CBr)CCC(CC)CC1. The van der Waals surface area contributed by atoms with E-state index in [4.69, 9.17) is 9.47 Å². The summed E-state index contributed by atoms with van der Waals surface area (Å²) in [5.41, 5.74) is 0.0831. The Balaban J connectivity index is 2.17. The smallest absolute Gasteiger partial charge is 0.0780 e. The van der Waals surface area contributed by atoms with Crippen LogP contribution in [0.2, 0.25) is 0 Å². The highest BCUT2D eigenvalue weighted by Gasteiger charge is 2.34. The summed E-state index contributed by atoms with van der Waals surface area (Å²) >= 11 is 3.64. The molecule has 1 rings (SSSR count). The molecular weight excluding hydrogens is 292 g/mol. The monoisotopic (exact) mass is 320 g/mol. The topological polar surface area (TPSA) is 18.5 Å². The maximum atomic E-state index is 6.12. The first-order valence-electron chi connectivity index (χ1n) is 7.54. The van der Waals surface area contributed by atoms with Gasteiger partial charge in [-0.25, -0.2) is 0 Å². The summed E-state index contributed by atoms with van der Waals surface area (Å²) in [5, 5.41) is 0.964. The van der Waals surface area contributed by atoms with Crippen LogP contribution in [0, 0.1) is 5.92 Å². The van der Waals surface area contributed by atoms with Crippen molar-refractivity contribution in [2.75, 3.05) is 25.2 Å². The van der Waals surface area contributed by atoms with Gasteiger partial charge >= 0.3 is 0 Å². The fourth-order valence-electron chi connectivity index (χ4n) is 2.59. The normalized spacial score (nSPS) is 28.5. The minimum Gasteiger partial charge on any atom is -0.379 e. The highest BCUT2D eigenvalue weighted by atomic mass is 79.9. The molecule has 0 bridgehead atoms. The maximum absolute atomic E-state index is 6.12. The number of alkyl halides is 1. The molecule has 0 aromatic carbocycles. The molecule has 0 aromatic rings. The first-order chi connectivity index (χ1) is 8.76. The predicted molar refractivity (Wildman–Crippen MR) is 80.5 cm³/mol. The molecule has 1 fully saturated rings. The molecule has 1 aliphatic rings. The van der Waals surface area contributed by atoms with E-state index in [1.165, 1.54) is 38.5 Å². The van der Waals surface area contributed by atoms with E-state index in [0.29, 0.717) is 0 Å². The van der Waals surface area contributed by atoms with Crippen molar-refractivity contribution in [3.05, 3.63) is 0 Å². The Kier molecular flexibility index (Phi) is 8.53. The largest absolute Gasteiger partial charge is 0.379 e. The lowest BCUT2D eigenvalue weighted by Gasteiger charge is -2.38. The van der Waals surface area contributed by atoms with E-state index in [0.717, 1.165) is 37.5 Å². The van der Waals surface area contributed by atoms with E-state index in [-0.39, 0.29) is 5.60 Å². The van der Waals surface area contributed by atoms with Gasteiger partial charge in [0.1, 0.15) is 0 Å². The Bertz CT molecular complexity index is 201. The highest BCUT2D eigenvalue weighted by Crippen LogP contribution is 2.37. The van der Waals surface area contributed by atoms with Crippen LogP contribution in [0.1, 0.15) is 58.8 Å². The number of unbranched alkanes of at least 4 members (excludes halogenated alkanes) is 1. The Labute approximate surface area is 121 Å². The summed E-state index contributed by atoms with van der Waals surface area (Å²) in [6.07, 6.45) is 8.71. The third-order valence-corrected chi connectivity index (χ3v) is 5.14. The Morgan fingerprint density at radius 3 is 2.39 bits per heavy atom. The Morgan fingerprint density at radius 2 is 1.83 bits per heavy atom. The van der Waals surface area contributed by atoms with E-state index in [1.54, 1.807) is 0 Å². The zero-order chi connectivity index (χ0) is 13.3. The number of rotatable bonds is 9. The fraction of sp³-hybridized carbons (Fsp3) is 1.00. The molecule has 0 aromatic heterocycles. The Hall–Kier alpha value is 0.400. The van der Waals surface area contributed by atoms with Gasteiger partial charge in [0.05, 0.1) is 18.8 Å². The summed E-state index contributed by atoms with van der Waals surface area (Å²) in [7, 11) is 0. The zero-order valence-corrected chi connectivity index (χ0v) is 13.6. The molecule has 0 saturated heterocycles. The van der Waals surface area contributed by atoms with Crippen LogP contribution >= 0.6 is 15.9 Å². The quantitative estimate of drug-likeness (QED) is 0.458. The summed E-state index contributed by atoms with van der Waals surface area (Å²) in [5.74, 6) is 0.918. The molecule has 0 amide bonds. The number of hydrogen-bond donors (Lipinski definition) is 0. The number of ether oxygens (including phenoxy) is 2. The molecule has 0 atom stereocenters. The lowest BCUT2D eigenvalue weighted by atomic mass is 9.79. The van der Waals surface area contributed by atoms with Crippen LogP contribution in [0.25, 0.3) is 0 Å². The van der Waals surface area contributed by atoms with Crippen molar-refractivity contribution in [3.8, 4) is 0 Å². The van der Waals surface area contributed by atoms with E-state index in [2.05, 4.69) is 29.8 Å². The molecule has 3 heteroatoms. The average Bonchev–Trinajstić information content (AvgIpc) is 2.43. The van der Waals surface area contributed by atoms with Crippen LogP contribution in [0.15, 0.2) is 0 Å². The number of hydrogen-bond acceptors (Lipinski definition) is 2.